The summed E-state index contributed by atoms with van der Waals surface area (Å²) in [7, 11) is 0. The Morgan fingerprint density at radius 2 is 1.89 bits per heavy atom. The lowest BCUT2D eigenvalue weighted by Gasteiger charge is -2.46. The fourth-order valence-corrected chi connectivity index (χ4v) is 4.23. The molecule has 1 aromatic heterocycles. The largest absolute Gasteiger partial charge is 0.477 e. The number of ether oxygens (including phenoxy) is 3. The van der Waals surface area contributed by atoms with Crippen LogP contribution >= 0.6 is 0 Å². The maximum Gasteiger partial charge on any atom is 0.364 e. The number of aliphatic hydroxyl groups excluding tert-OH is 8. The first-order valence-electron chi connectivity index (χ1n) is 11.5. The Kier molecular flexibility index (Phi) is 9.71. The molecule has 10 N–H and O–H groups in total. The van der Waals surface area contributed by atoms with Gasteiger partial charge in [-0.25, -0.2) is 9.48 Å². The third-order valence-corrected chi connectivity index (χ3v) is 6.28. The normalized spacial score (nSPS) is 37.4. The molecular formula is C20H32N4O14. The Morgan fingerprint density at radius 1 is 1.21 bits per heavy atom. The number of nitrogens with zero attached hydrogens (tertiary/aromatic N) is 3. The molecule has 0 saturated carbocycles. The first-order chi connectivity index (χ1) is 17.8. The van der Waals surface area contributed by atoms with Gasteiger partial charge in [0.25, 0.3) is 5.79 Å². The molecule has 18 heteroatoms. The van der Waals surface area contributed by atoms with Crippen molar-refractivity contribution in [2.45, 2.75) is 93.4 Å². The summed E-state index contributed by atoms with van der Waals surface area (Å²) in [6, 6.07) is -1.35. The van der Waals surface area contributed by atoms with Crippen LogP contribution in [0.15, 0.2) is 6.20 Å². The Bertz CT molecular complexity index is 966. The molecule has 18 nitrogen and oxygen atoms in total. The highest BCUT2D eigenvalue weighted by Crippen LogP contribution is 2.34. The Morgan fingerprint density at radius 3 is 2.50 bits per heavy atom. The van der Waals surface area contributed by atoms with Gasteiger partial charge < -0.3 is 65.5 Å². The molecule has 2 aliphatic rings. The van der Waals surface area contributed by atoms with Gasteiger partial charge in [0, 0.05) is 13.3 Å². The zero-order chi connectivity index (χ0) is 28.4. The zero-order valence-corrected chi connectivity index (χ0v) is 20.1. The number of hydrogen-bond donors (Lipinski definition) is 10. The van der Waals surface area contributed by atoms with E-state index in [1.54, 1.807) is 0 Å². The minimum atomic E-state index is -2.58. The molecule has 0 bridgehead atoms. The fraction of sp³-hybridized carbons (Fsp3) is 0.800. The maximum atomic E-state index is 12.2. The van der Waals surface area contributed by atoms with Gasteiger partial charge in [0.15, 0.2) is 6.29 Å². The SMILES string of the molecule is CC(=O)N[C@H]1[C@H]([C@H](O)[C@H](O)CO)O[C@@](OCc2cn(C[C@H]3O[C@H](O)[C@H](O)[C@@H](O)[C@H]3O)nn2)(C(=O)O)C[C@@H]1O. The number of carbonyl (C=O) groups is 2. The molecule has 1 amide bonds. The number of aliphatic hydroxyl groups is 8. The molecule has 0 aromatic carbocycles. The third-order valence-electron chi connectivity index (χ3n) is 6.28. The van der Waals surface area contributed by atoms with Gasteiger partial charge in [0.05, 0.1) is 38.1 Å². The molecule has 216 valence electrons. The molecule has 0 aliphatic carbocycles. The molecule has 2 aliphatic heterocycles. The summed E-state index contributed by atoms with van der Waals surface area (Å²) in [5.74, 6) is -4.93. The van der Waals surface area contributed by atoms with Crippen LogP contribution in [-0.2, 0) is 37.0 Å². The Hall–Kier alpha value is -2.36. The highest BCUT2D eigenvalue weighted by Gasteiger charge is 2.56. The molecule has 3 heterocycles. The second-order valence-electron chi connectivity index (χ2n) is 9.14. The summed E-state index contributed by atoms with van der Waals surface area (Å²) >= 11 is 0. The number of aromatic nitrogens is 3. The van der Waals surface area contributed by atoms with Crippen LogP contribution in [0.1, 0.15) is 19.0 Å². The molecular weight excluding hydrogens is 520 g/mol. The van der Waals surface area contributed by atoms with Gasteiger partial charge in [-0.3, -0.25) is 4.79 Å². The van der Waals surface area contributed by atoms with Crippen LogP contribution in [0.5, 0.6) is 0 Å². The van der Waals surface area contributed by atoms with Crippen molar-refractivity contribution >= 4 is 11.9 Å². The zero-order valence-electron chi connectivity index (χ0n) is 20.1. The van der Waals surface area contributed by atoms with Crippen molar-refractivity contribution in [3.05, 3.63) is 11.9 Å². The lowest BCUT2D eigenvalue weighted by atomic mass is 9.88. The van der Waals surface area contributed by atoms with E-state index >= 15 is 0 Å². The van der Waals surface area contributed by atoms with Crippen molar-refractivity contribution in [3.63, 3.8) is 0 Å². The summed E-state index contributed by atoms with van der Waals surface area (Å²) in [5.41, 5.74) is 0.0339. The number of carboxylic acids is 1. The standard InChI is InChI=1S/C20H32N4O14/c1-7(26)21-12-9(27)2-20(19(34)35,38-17(12)13(29)10(28)5-25)36-6-8-3-24(23-22-8)4-11-14(30)15(31)16(32)18(33)37-11/h3,9-18,25,27-33H,2,4-6H2,1H3,(H,21,26)(H,34,35)/t9-,10+,11+,12+,13+,14-,15-,16+,17+,18-,20+/m0/s1. The van der Waals surface area contributed by atoms with Gasteiger partial charge in [-0.2, -0.15) is 0 Å². The Balaban J connectivity index is 1.74. The summed E-state index contributed by atoms with van der Waals surface area (Å²) in [6.45, 7) is -0.619. The number of nitrogens with one attached hydrogen (secondary N) is 1. The van der Waals surface area contributed by atoms with Crippen molar-refractivity contribution in [3.8, 4) is 0 Å². The van der Waals surface area contributed by atoms with Crippen molar-refractivity contribution in [1.29, 1.82) is 0 Å². The lowest BCUT2D eigenvalue weighted by molar-refractivity contribution is -0.315. The number of hydrogen-bond acceptors (Lipinski definition) is 15. The van der Waals surface area contributed by atoms with Crippen LogP contribution in [0.25, 0.3) is 0 Å². The Labute approximate surface area is 214 Å². The first kappa shape index (κ1) is 30.2. The van der Waals surface area contributed by atoms with Crippen LogP contribution in [-0.4, -0.2) is 146 Å². The van der Waals surface area contributed by atoms with Crippen LogP contribution < -0.4 is 5.32 Å². The second kappa shape index (κ2) is 12.2. The van der Waals surface area contributed by atoms with E-state index in [9.17, 15) is 55.5 Å². The van der Waals surface area contributed by atoms with Crippen molar-refractivity contribution < 1.29 is 69.8 Å². The van der Waals surface area contributed by atoms with Crippen molar-refractivity contribution in [2.24, 2.45) is 0 Å². The quantitative estimate of drug-likeness (QED) is 0.129. The van der Waals surface area contributed by atoms with Crippen LogP contribution in [0, 0.1) is 0 Å². The lowest BCUT2D eigenvalue weighted by Crippen LogP contribution is -2.67. The van der Waals surface area contributed by atoms with E-state index < -0.39 is 98.5 Å². The molecule has 0 radical (unpaired) electrons. The van der Waals surface area contributed by atoms with Gasteiger partial charge in [0.1, 0.15) is 48.4 Å². The predicted molar refractivity (Wildman–Crippen MR) is 116 cm³/mol. The first-order valence-corrected chi connectivity index (χ1v) is 11.5. The van der Waals surface area contributed by atoms with Gasteiger partial charge in [0.2, 0.25) is 5.91 Å². The van der Waals surface area contributed by atoms with Gasteiger partial charge in [-0.15, -0.1) is 5.10 Å². The van der Waals surface area contributed by atoms with E-state index in [-0.39, 0.29) is 12.2 Å². The highest BCUT2D eigenvalue weighted by atomic mass is 16.7. The number of carbonyl (C=O) groups excluding carboxylic acids is 1. The summed E-state index contributed by atoms with van der Waals surface area (Å²) in [4.78, 5) is 23.8. The third kappa shape index (κ3) is 6.43. The second-order valence-corrected chi connectivity index (χ2v) is 9.14. The summed E-state index contributed by atoms with van der Waals surface area (Å²) in [6.07, 6.45) is -14.4. The van der Waals surface area contributed by atoms with Crippen LogP contribution in [0.4, 0.5) is 0 Å². The van der Waals surface area contributed by atoms with E-state index in [1.807, 2.05) is 0 Å². The molecule has 0 spiro atoms. The number of carboxylic acid groups (broad SMARTS) is 1. The number of amides is 1. The average Bonchev–Trinajstić information content (AvgIpc) is 3.32. The minimum Gasteiger partial charge on any atom is -0.477 e. The predicted octanol–water partition coefficient (Wildman–Crippen LogP) is -6.26. The van der Waals surface area contributed by atoms with E-state index in [0.29, 0.717) is 0 Å². The van der Waals surface area contributed by atoms with Gasteiger partial charge in [-0.1, -0.05) is 5.21 Å². The smallest absolute Gasteiger partial charge is 0.364 e. The molecule has 0 unspecified atom stereocenters. The van der Waals surface area contributed by atoms with Crippen molar-refractivity contribution in [1.82, 2.24) is 20.3 Å². The maximum absolute atomic E-state index is 12.2. The van der Waals surface area contributed by atoms with E-state index in [0.717, 1.165) is 11.6 Å². The molecule has 38 heavy (non-hydrogen) atoms. The van der Waals surface area contributed by atoms with E-state index in [4.69, 9.17) is 14.2 Å². The highest BCUT2D eigenvalue weighted by molar-refractivity contribution is 5.76. The summed E-state index contributed by atoms with van der Waals surface area (Å²) in [5, 5.41) is 99.0. The van der Waals surface area contributed by atoms with E-state index in [1.165, 1.54) is 6.20 Å². The minimum absolute atomic E-state index is 0.0339. The van der Waals surface area contributed by atoms with Crippen LogP contribution in [0.3, 0.4) is 0 Å². The average molecular weight is 552 g/mol. The van der Waals surface area contributed by atoms with Crippen molar-refractivity contribution in [2.75, 3.05) is 6.61 Å². The van der Waals surface area contributed by atoms with E-state index in [2.05, 4.69) is 15.6 Å². The van der Waals surface area contributed by atoms with Gasteiger partial charge >= 0.3 is 5.97 Å². The number of aliphatic carboxylic acids is 1. The summed E-state index contributed by atoms with van der Waals surface area (Å²) < 4.78 is 17.1. The molecule has 3 rings (SSSR count). The molecule has 1 aromatic rings. The number of rotatable bonds is 10. The fourth-order valence-electron chi connectivity index (χ4n) is 4.23. The molecule has 2 saturated heterocycles. The van der Waals surface area contributed by atoms with Gasteiger partial charge in [-0.05, 0) is 0 Å². The topological polar surface area (TPSA) is 287 Å². The van der Waals surface area contributed by atoms with Crippen LogP contribution in [0.2, 0.25) is 0 Å². The molecule has 2 fully saturated rings. The monoisotopic (exact) mass is 552 g/mol. The molecule has 11 atom stereocenters.